The standard InChI is InChI=1S/C28H32N2O3S/c1-5-9-19-12-13-23-22(14-19)30-24(34-23)18-29-26(32)28(17-25(31)33-27(3,4)6-2)15-20-10-7-8-11-21(20)16-28/h5,7-14H,6,15-18H2,1-4H3,(H,29,32)/b9-5+. The second-order valence-electron chi connectivity index (χ2n) is 9.68. The molecule has 1 aliphatic carbocycles. The molecule has 0 fully saturated rings. The molecule has 3 aromatic rings. The number of aromatic nitrogens is 1. The molecule has 4 rings (SSSR count). The third kappa shape index (κ3) is 5.22. The Morgan fingerprint density at radius 1 is 1.18 bits per heavy atom. The summed E-state index contributed by atoms with van der Waals surface area (Å²) < 4.78 is 6.81. The van der Waals surface area contributed by atoms with Crippen molar-refractivity contribution in [2.45, 2.75) is 65.5 Å². The minimum absolute atomic E-state index is 0.0590. The van der Waals surface area contributed by atoms with Gasteiger partial charge in [-0.25, -0.2) is 4.98 Å². The fourth-order valence-corrected chi connectivity index (χ4v) is 5.35. The highest BCUT2D eigenvalue weighted by molar-refractivity contribution is 7.18. The average molecular weight is 477 g/mol. The largest absolute Gasteiger partial charge is 0.460 e. The number of hydrogen-bond donors (Lipinski definition) is 1. The molecule has 0 saturated heterocycles. The predicted octanol–water partition coefficient (Wildman–Crippen LogP) is 5.85. The molecular weight excluding hydrogens is 444 g/mol. The number of ether oxygens (including phenoxy) is 1. The van der Waals surface area contributed by atoms with E-state index in [1.165, 1.54) is 0 Å². The van der Waals surface area contributed by atoms with Crippen molar-refractivity contribution in [3.63, 3.8) is 0 Å². The van der Waals surface area contributed by atoms with Crippen LogP contribution in [0.15, 0.2) is 48.5 Å². The third-order valence-corrected chi connectivity index (χ3v) is 7.63. The molecular formula is C28H32N2O3S. The summed E-state index contributed by atoms with van der Waals surface area (Å²) in [5, 5.41) is 3.94. The van der Waals surface area contributed by atoms with E-state index in [4.69, 9.17) is 9.72 Å². The van der Waals surface area contributed by atoms with Crippen LogP contribution >= 0.6 is 11.3 Å². The van der Waals surface area contributed by atoms with E-state index in [-0.39, 0.29) is 18.3 Å². The molecule has 0 aliphatic heterocycles. The van der Waals surface area contributed by atoms with Gasteiger partial charge in [0, 0.05) is 0 Å². The fraction of sp³-hybridized carbons (Fsp3) is 0.393. The quantitative estimate of drug-likeness (QED) is 0.414. The van der Waals surface area contributed by atoms with Crippen molar-refractivity contribution in [1.29, 1.82) is 0 Å². The number of nitrogens with one attached hydrogen (secondary N) is 1. The normalized spacial score (nSPS) is 14.9. The first-order valence-corrected chi connectivity index (χ1v) is 12.6. The van der Waals surface area contributed by atoms with Gasteiger partial charge in [0.2, 0.25) is 5.91 Å². The maximum Gasteiger partial charge on any atom is 0.307 e. The lowest BCUT2D eigenvalue weighted by molar-refractivity contribution is -0.161. The zero-order chi connectivity index (χ0) is 24.3. The van der Waals surface area contributed by atoms with Crippen molar-refractivity contribution in [2.75, 3.05) is 0 Å². The van der Waals surface area contributed by atoms with Gasteiger partial charge in [-0.2, -0.15) is 0 Å². The summed E-state index contributed by atoms with van der Waals surface area (Å²) in [7, 11) is 0. The van der Waals surface area contributed by atoms with Crippen LogP contribution in [0.4, 0.5) is 0 Å². The van der Waals surface area contributed by atoms with Crippen LogP contribution in [-0.4, -0.2) is 22.5 Å². The molecule has 0 bridgehead atoms. The Morgan fingerprint density at radius 3 is 2.53 bits per heavy atom. The van der Waals surface area contributed by atoms with Gasteiger partial charge in [-0.15, -0.1) is 11.3 Å². The summed E-state index contributed by atoms with van der Waals surface area (Å²) in [6.45, 7) is 8.11. The molecule has 1 N–H and O–H groups in total. The number of thiazole rings is 1. The Kier molecular flexibility index (Phi) is 6.89. The predicted molar refractivity (Wildman–Crippen MR) is 138 cm³/mol. The molecule has 2 aromatic carbocycles. The van der Waals surface area contributed by atoms with E-state index in [1.54, 1.807) is 11.3 Å². The van der Waals surface area contributed by atoms with Crippen molar-refractivity contribution in [1.82, 2.24) is 10.3 Å². The van der Waals surface area contributed by atoms with Crippen molar-refractivity contribution in [3.05, 3.63) is 70.2 Å². The second kappa shape index (κ2) is 9.71. The highest BCUT2D eigenvalue weighted by Gasteiger charge is 2.46. The first-order chi connectivity index (χ1) is 16.2. The van der Waals surface area contributed by atoms with Gasteiger partial charge in [0.25, 0.3) is 0 Å². The number of benzene rings is 2. The zero-order valence-corrected chi connectivity index (χ0v) is 21.1. The number of amides is 1. The molecule has 1 amide bonds. The van der Waals surface area contributed by atoms with Crippen molar-refractivity contribution in [3.8, 4) is 0 Å². The molecule has 5 nitrogen and oxygen atoms in total. The Hall–Kier alpha value is -2.99. The lowest BCUT2D eigenvalue weighted by Crippen LogP contribution is -2.44. The van der Waals surface area contributed by atoms with Gasteiger partial charge in [0.05, 0.1) is 28.6 Å². The van der Waals surface area contributed by atoms with Crippen molar-refractivity contribution < 1.29 is 14.3 Å². The molecule has 1 aliphatic rings. The van der Waals surface area contributed by atoms with Crippen molar-refractivity contribution >= 4 is 39.5 Å². The van der Waals surface area contributed by atoms with E-state index in [1.807, 2.05) is 64.1 Å². The summed E-state index contributed by atoms with van der Waals surface area (Å²) >= 11 is 1.58. The molecule has 1 heterocycles. The first kappa shape index (κ1) is 24.1. The van der Waals surface area contributed by atoms with Gasteiger partial charge in [-0.1, -0.05) is 49.4 Å². The zero-order valence-electron chi connectivity index (χ0n) is 20.3. The van der Waals surface area contributed by atoms with E-state index in [2.05, 4.69) is 23.5 Å². The van der Waals surface area contributed by atoms with Crippen LogP contribution in [0, 0.1) is 5.41 Å². The van der Waals surface area contributed by atoms with Gasteiger partial charge >= 0.3 is 5.97 Å². The minimum atomic E-state index is -0.847. The minimum Gasteiger partial charge on any atom is -0.460 e. The Bertz CT molecular complexity index is 1220. The van der Waals surface area contributed by atoms with Crippen LogP contribution < -0.4 is 5.32 Å². The number of rotatable bonds is 8. The SMILES string of the molecule is C/C=C/c1ccc2sc(CNC(=O)C3(CC(=O)OC(C)(C)CC)Cc4ccccc4C3)nc2c1. The van der Waals surface area contributed by atoms with Gasteiger partial charge in [-0.3, -0.25) is 9.59 Å². The molecule has 0 unspecified atom stereocenters. The van der Waals surface area contributed by atoms with Gasteiger partial charge < -0.3 is 10.1 Å². The van der Waals surface area contributed by atoms with Crippen LogP contribution in [0.5, 0.6) is 0 Å². The van der Waals surface area contributed by atoms with E-state index in [9.17, 15) is 9.59 Å². The van der Waals surface area contributed by atoms with E-state index >= 15 is 0 Å². The number of fused-ring (bicyclic) bond motifs is 2. The highest BCUT2D eigenvalue weighted by atomic mass is 32.1. The van der Waals surface area contributed by atoms with Gasteiger partial charge in [0.1, 0.15) is 10.6 Å². The number of carbonyl (C=O) groups excluding carboxylic acids is 2. The lowest BCUT2D eigenvalue weighted by Gasteiger charge is -2.30. The molecule has 0 saturated carbocycles. The summed E-state index contributed by atoms with van der Waals surface area (Å²) in [6.07, 6.45) is 5.88. The highest BCUT2D eigenvalue weighted by Crippen LogP contribution is 2.41. The van der Waals surface area contributed by atoms with Crippen LogP contribution in [-0.2, 0) is 33.7 Å². The van der Waals surface area contributed by atoms with Crippen LogP contribution in [0.25, 0.3) is 16.3 Å². The number of carbonyl (C=O) groups is 2. The monoisotopic (exact) mass is 476 g/mol. The number of nitrogens with zero attached hydrogens (tertiary/aromatic N) is 1. The third-order valence-electron chi connectivity index (χ3n) is 6.60. The summed E-state index contributed by atoms with van der Waals surface area (Å²) in [6, 6.07) is 14.2. The molecule has 0 atom stereocenters. The number of hydrogen-bond acceptors (Lipinski definition) is 5. The maximum atomic E-state index is 13.6. The Balaban J connectivity index is 1.52. The fourth-order valence-electron chi connectivity index (χ4n) is 4.46. The topological polar surface area (TPSA) is 68.3 Å². The number of esters is 1. The molecule has 0 radical (unpaired) electrons. The Labute approximate surface area is 205 Å². The van der Waals surface area contributed by atoms with Crippen LogP contribution in [0.3, 0.4) is 0 Å². The molecule has 1 aromatic heterocycles. The van der Waals surface area contributed by atoms with Crippen molar-refractivity contribution in [2.24, 2.45) is 5.41 Å². The van der Waals surface area contributed by atoms with E-state index < -0.39 is 11.0 Å². The molecule has 0 spiro atoms. The Morgan fingerprint density at radius 2 is 1.88 bits per heavy atom. The summed E-state index contributed by atoms with van der Waals surface area (Å²) in [4.78, 5) is 31.2. The summed E-state index contributed by atoms with van der Waals surface area (Å²) in [5.41, 5.74) is 2.88. The second-order valence-corrected chi connectivity index (χ2v) is 10.8. The van der Waals surface area contributed by atoms with E-state index in [0.29, 0.717) is 25.8 Å². The molecule has 6 heteroatoms. The van der Waals surface area contributed by atoms with Gasteiger partial charge in [0.15, 0.2) is 0 Å². The van der Waals surface area contributed by atoms with E-state index in [0.717, 1.165) is 31.9 Å². The molecule has 34 heavy (non-hydrogen) atoms. The molecule has 178 valence electrons. The maximum absolute atomic E-state index is 13.6. The van der Waals surface area contributed by atoms with Crippen LogP contribution in [0.1, 0.15) is 62.2 Å². The lowest BCUT2D eigenvalue weighted by atomic mass is 9.80. The first-order valence-electron chi connectivity index (χ1n) is 11.8. The van der Waals surface area contributed by atoms with Crippen LogP contribution in [0.2, 0.25) is 0 Å². The number of allylic oxidation sites excluding steroid dienone is 1. The van der Waals surface area contributed by atoms with Gasteiger partial charge in [-0.05, 0) is 68.9 Å². The summed E-state index contributed by atoms with van der Waals surface area (Å²) in [5.74, 6) is -0.449. The average Bonchev–Trinajstić information content (AvgIpc) is 3.38. The smallest absolute Gasteiger partial charge is 0.307 e.